The Morgan fingerprint density at radius 1 is 1.19 bits per heavy atom. The van der Waals surface area contributed by atoms with Crippen molar-refractivity contribution in [3.8, 4) is 0 Å². The number of rotatable bonds is 6. The number of carbonyl (C=O) groups excluding carboxylic acids is 1. The van der Waals surface area contributed by atoms with Gasteiger partial charge >= 0.3 is 6.09 Å². The molecular weight excluding hydrogens is 451 g/mol. The van der Waals surface area contributed by atoms with E-state index in [2.05, 4.69) is 26.1 Å². The van der Waals surface area contributed by atoms with Gasteiger partial charge in [-0.15, -0.1) is 0 Å². The molecule has 0 fully saturated rings. The fraction of sp³-hybridized carbons (Fsp3) is 0.350. The van der Waals surface area contributed by atoms with Crippen LogP contribution in [0, 0.1) is 0 Å². The molecule has 27 heavy (non-hydrogen) atoms. The van der Waals surface area contributed by atoms with Gasteiger partial charge in [0.05, 0.1) is 10.7 Å². The van der Waals surface area contributed by atoms with Gasteiger partial charge in [0.15, 0.2) is 0 Å². The summed E-state index contributed by atoms with van der Waals surface area (Å²) in [6.45, 7) is 7.05. The summed E-state index contributed by atoms with van der Waals surface area (Å²) < 4.78 is 6.24. The lowest BCUT2D eigenvalue weighted by Crippen LogP contribution is -2.38. The van der Waals surface area contributed by atoms with Gasteiger partial charge in [-0.05, 0) is 56.7 Å². The number of para-hydroxylation sites is 1. The zero-order chi connectivity index (χ0) is 20.0. The number of nitrogens with zero attached hydrogens (tertiary/aromatic N) is 1. The van der Waals surface area contributed by atoms with E-state index < -0.39 is 11.7 Å². The first kappa shape index (κ1) is 21.9. The summed E-state index contributed by atoms with van der Waals surface area (Å²) in [5.41, 5.74) is 1.38. The average Bonchev–Trinajstić information content (AvgIpc) is 2.56. The van der Waals surface area contributed by atoms with Gasteiger partial charge in [-0.1, -0.05) is 51.3 Å². The molecule has 0 atom stereocenters. The third kappa shape index (κ3) is 7.24. The minimum atomic E-state index is -0.530. The van der Waals surface area contributed by atoms with Crippen molar-refractivity contribution in [2.24, 2.45) is 0 Å². The van der Waals surface area contributed by atoms with Crippen molar-refractivity contribution in [3.05, 3.63) is 62.5 Å². The lowest BCUT2D eigenvalue weighted by molar-refractivity contribution is 0.0529. The average molecular weight is 474 g/mol. The number of hydrogen-bond donors (Lipinski definition) is 1. The molecule has 0 spiro atoms. The summed E-state index contributed by atoms with van der Waals surface area (Å²) in [7, 11) is 0. The monoisotopic (exact) mass is 472 g/mol. The van der Waals surface area contributed by atoms with Crippen LogP contribution in [-0.4, -0.2) is 24.8 Å². The van der Waals surface area contributed by atoms with Crippen molar-refractivity contribution in [2.75, 3.05) is 18.0 Å². The molecule has 2 aromatic carbocycles. The predicted molar refractivity (Wildman–Crippen MR) is 116 cm³/mol. The van der Waals surface area contributed by atoms with Crippen LogP contribution in [0.2, 0.25) is 10.0 Å². The topological polar surface area (TPSA) is 41.6 Å². The van der Waals surface area contributed by atoms with Gasteiger partial charge in [-0.25, -0.2) is 4.79 Å². The fourth-order valence-corrected chi connectivity index (χ4v) is 3.29. The molecule has 2 aromatic rings. The molecule has 0 heterocycles. The Hall–Kier alpha value is -1.43. The number of amides is 1. The second-order valence-electron chi connectivity index (χ2n) is 7.04. The van der Waals surface area contributed by atoms with Gasteiger partial charge in [0, 0.05) is 29.1 Å². The number of halogens is 3. The van der Waals surface area contributed by atoms with Crippen LogP contribution in [0.4, 0.5) is 10.5 Å². The maximum atomic E-state index is 11.9. The molecule has 0 bridgehead atoms. The molecule has 0 radical (unpaired) electrons. The van der Waals surface area contributed by atoms with E-state index in [1.165, 1.54) is 0 Å². The highest BCUT2D eigenvalue weighted by molar-refractivity contribution is 9.10. The van der Waals surface area contributed by atoms with E-state index in [1.807, 2.05) is 63.2 Å². The molecule has 1 amide bonds. The molecule has 4 nitrogen and oxygen atoms in total. The molecule has 146 valence electrons. The van der Waals surface area contributed by atoms with Crippen molar-refractivity contribution in [1.82, 2.24) is 5.32 Å². The first-order valence-corrected chi connectivity index (χ1v) is 10.1. The Morgan fingerprint density at radius 3 is 2.56 bits per heavy atom. The third-order valence-corrected chi connectivity index (χ3v) is 4.94. The molecular formula is C20H23BrCl2N2O2. The second kappa shape index (κ2) is 9.67. The van der Waals surface area contributed by atoms with Crippen LogP contribution in [-0.2, 0) is 11.3 Å². The summed E-state index contributed by atoms with van der Waals surface area (Å²) in [6, 6.07) is 13.3. The Kier molecular flexibility index (Phi) is 7.83. The number of carbonyl (C=O) groups is 1. The third-order valence-electron chi connectivity index (χ3n) is 3.61. The first-order valence-electron chi connectivity index (χ1n) is 8.56. The summed E-state index contributed by atoms with van der Waals surface area (Å²) in [5, 5.41) is 4.10. The van der Waals surface area contributed by atoms with E-state index in [1.54, 1.807) is 0 Å². The van der Waals surface area contributed by atoms with Crippen LogP contribution in [0.3, 0.4) is 0 Å². The highest BCUT2D eigenvalue weighted by Gasteiger charge is 2.17. The number of nitrogens with one attached hydrogen (secondary N) is 1. The van der Waals surface area contributed by atoms with Crippen molar-refractivity contribution in [3.63, 3.8) is 0 Å². The Labute approximate surface area is 178 Å². The minimum absolute atomic E-state index is 0.415. The molecule has 0 aromatic heterocycles. The quantitative estimate of drug-likeness (QED) is 0.536. The molecule has 0 aliphatic heterocycles. The van der Waals surface area contributed by atoms with E-state index in [-0.39, 0.29) is 0 Å². The Bertz CT molecular complexity index is 794. The van der Waals surface area contributed by atoms with E-state index in [4.69, 9.17) is 27.9 Å². The van der Waals surface area contributed by atoms with Crippen LogP contribution < -0.4 is 10.2 Å². The van der Waals surface area contributed by atoms with Crippen LogP contribution in [0.15, 0.2) is 46.9 Å². The van der Waals surface area contributed by atoms with E-state index in [9.17, 15) is 4.79 Å². The first-order chi connectivity index (χ1) is 12.7. The minimum Gasteiger partial charge on any atom is -0.444 e. The normalized spacial score (nSPS) is 11.2. The van der Waals surface area contributed by atoms with Gasteiger partial charge in [0.2, 0.25) is 0 Å². The van der Waals surface area contributed by atoms with Crippen molar-refractivity contribution in [1.29, 1.82) is 0 Å². The molecule has 0 aliphatic carbocycles. The number of benzene rings is 2. The number of ether oxygens (including phenoxy) is 1. The lowest BCUT2D eigenvalue weighted by Gasteiger charge is -2.27. The Balaban J connectivity index is 2.12. The van der Waals surface area contributed by atoms with Gasteiger partial charge in [-0.3, -0.25) is 0 Å². The van der Waals surface area contributed by atoms with Crippen LogP contribution in [0.5, 0.6) is 0 Å². The molecule has 0 saturated heterocycles. The van der Waals surface area contributed by atoms with Crippen LogP contribution >= 0.6 is 39.1 Å². The number of anilines is 1. The molecule has 0 aliphatic rings. The summed E-state index contributed by atoms with van der Waals surface area (Å²) >= 11 is 16.1. The molecule has 7 heteroatoms. The number of hydrogen-bond acceptors (Lipinski definition) is 3. The van der Waals surface area contributed by atoms with Gasteiger partial charge in [0.1, 0.15) is 5.60 Å². The van der Waals surface area contributed by atoms with Gasteiger partial charge < -0.3 is 15.0 Å². The lowest BCUT2D eigenvalue weighted by atomic mass is 10.2. The van der Waals surface area contributed by atoms with Gasteiger partial charge in [-0.2, -0.15) is 0 Å². The van der Waals surface area contributed by atoms with E-state index >= 15 is 0 Å². The van der Waals surface area contributed by atoms with Gasteiger partial charge in [0.25, 0.3) is 0 Å². The molecule has 0 unspecified atom stereocenters. The summed E-state index contributed by atoms with van der Waals surface area (Å²) in [5.74, 6) is 0. The zero-order valence-corrected chi connectivity index (χ0v) is 18.7. The van der Waals surface area contributed by atoms with Crippen molar-refractivity contribution in [2.45, 2.75) is 32.9 Å². The van der Waals surface area contributed by atoms with Crippen LogP contribution in [0.1, 0.15) is 26.3 Å². The van der Waals surface area contributed by atoms with E-state index in [0.29, 0.717) is 29.7 Å². The zero-order valence-electron chi connectivity index (χ0n) is 15.6. The predicted octanol–water partition coefficient (Wildman–Crippen LogP) is 6.29. The highest BCUT2D eigenvalue weighted by atomic mass is 79.9. The van der Waals surface area contributed by atoms with Crippen molar-refractivity contribution >= 4 is 50.9 Å². The Morgan fingerprint density at radius 2 is 1.89 bits per heavy atom. The molecule has 2 rings (SSSR count). The van der Waals surface area contributed by atoms with E-state index in [0.717, 1.165) is 15.7 Å². The van der Waals surface area contributed by atoms with Crippen LogP contribution in [0.25, 0.3) is 0 Å². The summed E-state index contributed by atoms with van der Waals surface area (Å²) in [6.07, 6.45) is -0.439. The highest BCUT2D eigenvalue weighted by Crippen LogP contribution is 2.29. The van der Waals surface area contributed by atoms with Crippen molar-refractivity contribution < 1.29 is 9.53 Å². The second-order valence-corrected chi connectivity index (χ2v) is 8.74. The SMILES string of the molecule is CC(C)(C)OC(=O)NCCN(Cc1cc(Cl)ccc1Br)c1ccccc1Cl. The standard InChI is InChI=1S/C20H23BrCl2N2O2/c1-20(2,3)27-19(26)24-10-11-25(18-7-5-4-6-17(18)23)13-14-12-15(22)8-9-16(14)21/h4-9,12H,10-11,13H2,1-3H3,(H,24,26). The molecule has 1 N–H and O–H groups in total. The molecule has 0 saturated carbocycles. The largest absolute Gasteiger partial charge is 0.444 e. The smallest absolute Gasteiger partial charge is 0.407 e. The fourth-order valence-electron chi connectivity index (χ4n) is 2.47. The maximum Gasteiger partial charge on any atom is 0.407 e. The summed E-state index contributed by atoms with van der Waals surface area (Å²) in [4.78, 5) is 14.0. The number of alkyl carbamates (subject to hydrolysis) is 1. The maximum absolute atomic E-state index is 11.9.